The Bertz CT molecular complexity index is 611. The van der Waals surface area contributed by atoms with Gasteiger partial charge in [-0.2, -0.15) is 4.79 Å². The smallest absolute Gasteiger partial charge is 0.337 e. The molecule has 0 saturated heterocycles. The summed E-state index contributed by atoms with van der Waals surface area (Å²) in [6.45, 7) is 5.11. The number of fused-ring (bicyclic) bond motifs is 5. The number of carbonyl (C=O) groups is 1. The molecule has 132 valence electrons. The second-order valence-electron chi connectivity index (χ2n) is 9.42. The summed E-state index contributed by atoms with van der Waals surface area (Å²) in [6, 6.07) is 0. The SMILES string of the molecule is C[C@]12CCC(=O)C(=[N+]=[N-])[C@@H]1CC[C@@H]1[C@@H]2CC[C@]2(C)[C@@H](CO)CC[C@@H]12. The van der Waals surface area contributed by atoms with Crippen molar-refractivity contribution in [2.75, 3.05) is 6.61 Å². The number of hydrogen-bond acceptors (Lipinski definition) is 2. The van der Waals surface area contributed by atoms with Gasteiger partial charge in [0.05, 0.1) is 5.92 Å². The van der Waals surface area contributed by atoms with E-state index in [1.165, 1.54) is 25.7 Å². The van der Waals surface area contributed by atoms with E-state index < -0.39 is 0 Å². The molecule has 0 unspecified atom stereocenters. The number of Topliss-reactive ketones (excluding diaryl/α,β-unsaturated/α-hetero) is 1. The zero-order chi connectivity index (χ0) is 17.1. The van der Waals surface area contributed by atoms with Crippen molar-refractivity contribution in [1.82, 2.24) is 0 Å². The summed E-state index contributed by atoms with van der Waals surface area (Å²) in [4.78, 5) is 15.6. The number of ketones is 1. The van der Waals surface area contributed by atoms with Crippen LogP contribution in [0.1, 0.15) is 65.2 Å². The van der Waals surface area contributed by atoms with Crippen LogP contribution in [0.5, 0.6) is 0 Å². The fraction of sp³-hybridized carbons (Fsp3) is 0.900. The summed E-state index contributed by atoms with van der Waals surface area (Å²) in [5.74, 6) is 2.74. The van der Waals surface area contributed by atoms with Gasteiger partial charge in [0, 0.05) is 13.0 Å². The number of hydrogen-bond donors (Lipinski definition) is 1. The monoisotopic (exact) mass is 330 g/mol. The van der Waals surface area contributed by atoms with Gasteiger partial charge in [-0.1, -0.05) is 13.8 Å². The van der Waals surface area contributed by atoms with Gasteiger partial charge in [-0.05, 0) is 79.4 Å². The molecule has 0 heterocycles. The molecule has 4 nitrogen and oxygen atoms in total. The Morgan fingerprint density at radius 3 is 2.54 bits per heavy atom. The Morgan fingerprint density at radius 2 is 1.83 bits per heavy atom. The van der Waals surface area contributed by atoms with E-state index in [2.05, 4.69) is 18.6 Å². The van der Waals surface area contributed by atoms with Crippen molar-refractivity contribution in [3.8, 4) is 0 Å². The lowest BCUT2D eigenvalue weighted by molar-refractivity contribution is -0.133. The van der Waals surface area contributed by atoms with E-state index in [9.17, 15) is 15.4 Å². The van der Waals surface area contributed by atoms with E-state index in [0.29, 0.717) is 36.0 Å². The van der Waals surface area contributed by atoms with Crippen LogP contribution in [0, 0.1) is 40.4 Å². The normalized spacial score (nSPS) is 50.7. The third-order valence-corrected chi connectivity index (χ3v) is 8.90. The van der Waals surface area contributed by atoms with Crippen molar-refractivity contribution in [2.24, 2.45) is 40.4 Å². The van der Waals surface area contributed by atoms with Crippen molar-refractivity contribution in [3.05, 3.63) is 5.53 Å². The molecule has 24 heavy (non-hydrogen) atoms. The second kappa shape index (κ2) is 5.51. The first-order valence-electron chi connectivity index (χ1n) is 9.81. The summed E-state index contributed by atoms with van der Waals surface area (Å²) in [5, 5.41) is 9.82. The van der Waals surface area contributed by atoms with Crippen molar-refractivity contribution in [2.45, 2.75) is 65.2 Å². The standard InChI is InChI=1S/C20H30N2O2/c1-19-9-7-15-13(14(19)5-3-12(19)11-23)4-6-16-18(22-21)17(24)8-10-20(15,16)2/h12-16,23H,3-11H2,1-2H3/t12-,13+,14+,15+,16+,19-,20-/m1/s1. The molecule has 0 spiro atoms. The van der Waals surface area contributed by atoms with E-state index in [1.807, 2.05) is 0 Å². The summed E-state index contributed by atoms with van der Waals surface area (Å²) in [6.07, 6.45) is 8.45. The Balaban J connectivity index is 1.67. The number of nitrogens with zero attached hydrogens (tertiary/aromatic N) is 2. The Kier molecular flexibility index (Phi) is 3.78. The average molecular weight is 330 g/mol. The van der Waals surface area contributed by atoms with Crippen LogP contribution in [0.2, 0.25) is 0 Å². The fourth-order valence-electron chi connectivity index (χ4n) is 7.50. The van der Waals surface area contributed by atoms with Crippen LogP contribution in [-0.2, 0) is 4.79 Å². The zero-order valence-corrected chi connectivity index (χ0v) is 15.0. The lowest BCUT2D eigenvalue weighted by atomic mass is 9.44. The molecular weight excluding hydrogens is 300 g/mol. The molecule has 4 fully saturated rings. The lowest BCUT2D eigenvalue weighted by Gasteiger charge is -2.59. The zero-order valence-electron chi connectivity index (χ0n) is 15.0. The van der Waals surface area contributed by atoms with Gasteiger partial charge in [0.1, 0.15) is 0 Å². The molecule has 0 amide bonds. The summed E-state index contributed by atoms with van der Waals surface area (Å²) >= 11 is 0. The van der Waals surface area contributed by atoms with Crippen LogP contribution in [0.25, 0.3) is 5.53 Å². The number of aliphatic hydroxyl groups excluding tert-OH is 1. The van der Waals surface area contributed by atoms with Crippen LogP contribution in [-0.4, -0.2) is 28.0 Å². The molecule has 0 aromatic carbocycles. The van der Waals surface area contributed by atoms with Gasteiger partial charge >= 0.3 is 5.71 Å². The summed E-state index contributed by atoms with van der Waals surface area (Å²) in [5.41, 5.74) is 10.3. The van der Waals surface area contributed by atoms with E-state index in [4.69, 9.17) is 0 Å². The summed E-state index contributed by atoms with van der Waals surface area (Å²) < 4.78 is 0. The van der Waals surface area contributed by atoms with Crippen LogP contribution >= 0.6 is 0 Å². The van der Waals surface area contributed by atoms with Crippen molar-refractivity contribution >= 4 is 11.5 Å². The van der Waals surface area contributed by atoms with E-state index in [-0.39, 0.29) is 17.1 Å². The van der Waals surface area contributed by atoms with Crippen LogP contribution in [0.3, 0.4) is 0 Å². The quantitative estimate of drug-likeness (QED) is 0.590. The first-order valence-corrected chi connectivity index (χ1v) is 9.81. The maximum atomic E-state index is 12.2. The number of carbonyl (C=O) groups excluding carboxylic acids is 1. The molecule has 4 rings (SSSR count). The van der Waals surface area contributed by atoms with Gasteiger partial charge in [0.15, 0.2) is 0 Å². The van der Waals surface area contributed by atoms with Crippen molar-refractivity contribution in [3.63, 3.8) is 0 Å². The Labute approximate surface area is 144 Å². The molecule has 4 heteroatoms. The largest absolute Gasteiger partial charge is 0.396 e. The first-order chi connectivity index (χ1) is 11.5. The van der Waals surface area contributed by atoms with Gasteiger partial charge in [-0.3, -0.25) is 4.79 Å². The minimum Gasteiger partial charge on any atom is -0.396 e. The van der Waals surface area contributed by atoms with E-state index >= 15 is 0 Å². The van der Waals surface area contributed by atoms with Crippen LogP contribution in [0.15, 0.2) is 0 Å². The van der Waals surface area contributed by atoms with Crippen LogP contribution < -0.4 is 0 Å². The Hall–Kier alpha value is -0.990. The maximum absolute atomic E-state index is 12.2. The summed E-state index contributed by atoms with van der Waals surface area (Å²) in [7, 11) is 0. The van der Waals surface area contributed by atoms with Crippen LogP contribution in [0.4, 0.5) is 0 Å². The van der Waals surface area contributed by atoms with E-state index in [0.717, 1.165) is 31.1 Å². The highest BCUT2D eigenvalue weighted by Gasteiger charge is 2.62. The molecule has 4 aliphatic carbocycles. The second-order valence-corrected chi connectivity index (χ2v) is 9.42. The first kappa shape index (κ1) is 16.5. The van der Waals surface area contributed by atoms with Gasteiger partial charge in [-0.15, -0.1) is 0 Å². The topological polar surface area (TPSA) is 73.7 Å². The maximum Gasteiger partial charge on any atom is 0.337 e. The third-order valence-electron chi connectivity index (χ3n) is 8.90. The predicted molar refractivity (Wildman–Crippen MR) is 91.3 cm³/mol. The molecule has 4 aliphatic rings. The molecule has 0 bridgehead atoms. The van der Waals surface area contributed by atoms with Crippen molar-refractivity contribution < 1.29 is 14.7 Å². The Morgan fingerprint density at radius 1 is 1.08 bits per heavy atom. The molecule has 0 radical (unpaired) electrons. The minimum absolute atomic E-state index is 0.0558. The highest BCUT2D eigenvalue weighted by molar-refractivity contribution is 6.39. The van der Waals surface area contributed by atoms with Gasteiger partial charge in [0.25, 0.3) is 0 Å². The van der Waals surface area contributed by atoms with Gasteiger partial charge in [0.2, 0.25) is 5.78 Å². The lowest BCUT2D eigenvalue weighted by Crippen LogP contribution is -2.56. The molecule has 7 atom stereocenters. The highest BCUT2D eigenvalue weighted by atomic mass is 16.3. The predicted octanol–water partition coefficient (Wildman–Crippen LogP) is 3.49. The molecule has 0 aromatic rings. The molecule has 1 N–H and O–H groups in total. The fourth-order valence-corrected chi connectivity index (χ4v) is 7.50. The minimum atomic E-state index is 0.0558. The molecule has 0 aliphatic heterocycles. The number of aliphatic hydroxyl groups is 1. The van der Waals surface area contributed by atoms with Gasteiger partial charge in [-0.25, -0.2) is 0 Å². The van der Waals surface area contributed by atoms with Crippen molar-refractivity contribution in [1.29, 1.82) is 0 Å². The molecule has 0 aromatic heterocycles. The third kappa shape index (κ3) is 1.99. The highest BCUT2D eigenvalue weighted by Crippen LogP contribution is 2.66. The number of rotatable bonds is 1. The van der Waals surface area contributed by atoms with E-state index in [1.54, 1.807) is 0 Å². The molecule has 4 saturated carbocycles. The van der Waals surface area contributed by atoms with Gasteiger partial charge < -0.3 is 10.6 Å². The molecular formula is C20H30N2O2. The average Bonchev–Trinajstić information content (AvgIpc) is 2.91.